The van der Waals surface area contributed by atoms with Crippen molar-refractivity contribution in [3.8, 4) is 0 Å². The summed E-state index contributed by atoms with van der Waals surface area (Å²) in [5, 5.41) is 11.1. The number of anilines is 1. The van der Waals surface area contributed by atoms with Crippen LogP contribution >= 0.6 is 0 Å². The van der Waals surface area contributed by atoms with E-state index < -0.39 is 22.0 Å². The van der Waals surface area contributed by atoms with Gasteiger partial charge in [0, 0.05) is 30.9 Å². The molecule has 1 aromatic carbocycles. The normalized spacial score (nSPS) is 11.8. The number of pyridine rings is 1. The quantitative estimate of drug-likeness (QED) is 0.784. The van der Waals surface area contributed by atoms with E-state index in [1.807, 2.05) is 14.1 Å². The number of benzene rings is 1. The van der Waals surface area contributed by atoms with E-state index in [1.165, 1.54) is 6.26 Å². The van der Waals surface area contributed by atoms with Gasteiger partial charge in [-0.05, 0) is 38.4 Å². The summed E-state index contributed by atoms with van der Waals surface area (Å²) >= 11 is 0. The molecule has 0 saturated carbocycles. The highest BCUT2D eigenvalue weighted by Gasteiger charge is 2.38. The van der Waals surface area contributed by atoms with Crippen LogP contribution in [0.1, 0.15) is 0 Å². The fraction of sp³-hybridized carbons (Fsp3) is 0.375. The number of hydrogen-bond donors (Lipinski definition) is 2. The first-order chi connectivity index (χ1) is 12.3. The number of sulfone groups is 1. The molecule has 0 aliphatic carbocycles. The van der Waals surface area contributed by atoms with Crippen LogP contribution in [0.4, 0.5) is 18.9 Å². The van der Waals surface area contributed by atoms with Crippen molar-refractivity contribution in [2.45, 2.75) is 11.1 Å². The van der Waals surface area contributed by atoms with Crippen molar-refractivity contribution in [2.75, 3.05) is 38.8 Å². The molecule has 150 valence electrons. The summed E-state index contributed by atoms with van der Waals surface area (Å²) in [6, 6.07) is 6.95. The number of rotatable bonds is 5. The van der Waals surface area contributed by atoms with Gasteiger partial charge >= 0.3 is 12.1 Å². The highest BCUT2D eigenvalue weighted by molar-refractivity contribution is 7.91. The van der Waals surface area contributed by atoms with Crippen molar-refractivity contribution in [3.05, 3.63) is 30.5 Å². The molecule has 2 N–H and O–H groups in total. The number of carbonyl (C=O) groups is 1. The van der Waals surface area contributed by atoms with Crippen LogP contribution in [0.5, 0.6) is 0 Å². The first kappa shape index (κ1) is 22.6. The van der Waals surface area contributed by atoms with E-state index in [2.05, 4.69) is 15.2 Å². The number of halogens is 3. The second kappa shape index (κ2) is 9.00. The van der Waals surface area contributed by atoms with Gasteiger partial charge in [0.15, 0.2) is 9.84 Å². The highest BCUT2D eigenvalue weighted by atomic mass is 32.2. The summed E-state index contributed by atoms with van der Waals surface area (Å²) in [5.41, 5.74) is 1.55. The average Bonchev–Trinajstić information content (AvgIpc) is 2.53. The van der Waals surface area contributed by atoms with Crippen LogP contribution in [-0.4, -0.2) is 69.0 Å². The molecular formula is C16H20F3N3O4S. The van der Waals surface area contributed by atoms with Gasteiger partial charge in [0.2, 0.25) is 0 Å². The number of nitrogens with zero attached hydrogens (tertiary/aromatic N) is 2. The molecule has 27 heavy (non-hydrogen) atoms. The van der Waals surface area contributed by atoms with E-state index in [9.17, 15) is 21.6 Å². The van der Waals surface area contributed by atoms with Crippen LogP contribution in [0.2, 0.25) is 0 Å². The maximum absolute atomic E-state index is 11.8. The van der Waals surface area contributed by atoms with E-state index in [4.69, 9.17) is 9.90 Å². The number of likely N-dealkylation sites (N-methyl/N-ethyl adjacent to an activating group) is 1. The van der Waals surface area contributed by atoms with Crippen LogP contribution in [0.3, 0.4) is 0 Å². The van der Waals surface area contributed by atoms with Crippen molar-refractivity contribution in [2.24, 2.45) is 0 Å². The highest BCUT2D eigenvalue weighted by Crippen LogP contribution is 2.27. The number of alkyl halides is 3. The van der Waals surface area contributed by atoms with E-state index in [1.54, 1.807) is 30.5 Å². The Morgan fingerprint density at radius 3 is 2.33 bits per heavy atom. The second-order valence-corrected chi connectivity index (χ2v) is 7.80. The number of aromatic nitrogens is 1. The zero-order valence-electron chi connectivity index (χ0n) is 14.9. The monoisotopic (exact) mass is 407 g/mol. The molecule has 0 saturated heterocycles. The van der Waals surface area contributed by atoms with Gasteiger partial charge in [-0.25, -0.2) is 13.2 Å². The SMILES string of the molecule is CN(C)CCNc1ccc(S(C)(=O)=O)c2cccnc12.O=C(O)C(F)(F)F. The molecule has 0 atom stereocenters. The van der Waals surface area contributed by atoms with Crippen molar-refractivity contribution in [1.29, 1.82) is 0 Å². The van der Waals surface area contributed by atoms with Gasteiger partial charge in [-0.15, -0.1) is 0 Å². The van der Waals surface area contributed by atoms with Gasteiger partial charge in [0.25, 0.3) is 0 Å². The standard InChI is InChI=1S/C14H19N3O2S.C2HF3O2/c1-17(2)10-9-15-12-6-7-13(20(3,18)19)11-5-4-8-16-14(11)12;3-2(4,5)1(6)7/h4-8,15H,9-10H2,1-3H3;(H,6,7). The lowest BCUT2D eigenvalue weighted by Gasteiger charge is -2.14. The van der Waals surface area contributed by atoms with Crippen LogP contribution in [-0.2, 0) is 14.6 Å². The van der Waals surface area contributed by atoms with Crippen LogP contribution in [0.25, 0.3) is 10.9 Å². The molecule has 2 rings (SSSR count). The molecule has 0 unspecified atom stereocenters. The molecule has 2 aromatic rings. The lowest BCUT2D eigenvalue weighted by Crippen LogP contribution is -2.21. The van der Waals surface area contributed by atoms with Crippen LogP contribution in [0.15, 0.2) is 35.4 Å². The van der Waals surface area contributed by atoms with Crippen LogP contribution in [0, 0.1) is 0 Å². The molecule has 0 amide bonds. The molecule has 0 spiro atoms. The van der Waals surface area contributed by atoms with Gasteiger partial charge in [-0.3, -0.25) is 4.98 Å². The Labute approximate surface area is 154 Å². The molecule has 0 radical (unpaired) electrons. The fourth-order valence-corrected chi connectivity index (χ4v) is 2.91. The minimum Gasteiger partial charge on any atom is -0.475 e. The molecule has 0 bridgehead atoms. The van der Waals surface area contributed by atoms with Gasteiger partial charge < -0.3 is 15.3 Å². The Morgan fingerprint density at radius 2 is 1.85 bits per heavy atom. The summed E-state index contributed by atoms with van der Waals surface area (Å²) < 4.78 is 55.3. The smallest absolute Gasteiger partial charge is 0.475 e. The number of fused-ring (bicyclic) bond motifs is 1. The summed E-state index contributed by atoms with van der Waals surface area (Å²) in [6.45, 7) is 1.67. The number of aliphatic carboxylic acids is 1. The van der Waals surface area contributed by atoms with E-state index in [0.717, 1.165) is 18.8 Å². The number of carboxylic acid groups (broad SMARTS) is 1. The molecular weight excluding hydrogens is 387 g/mol. The Hall–Kier alpha value is -2.40. The maximum Gasteiger partial charge on any atom is 0.490 e. The van der Waals surface area contributed by atoms with Gasteiger partial charge in [-0.2, -0.15) is 13.2 Å². The molecule has 0 aliphatic rings. The first-order valence-corrected chi connectivity index (χ1v) is 9.49. The number of carboxylic acids is 1. The minimum atomic E-state index is -5.08. The van der Waals surface area contributed by atoms with Crippen molar-refractivity contribution >= 4 is 32.4 Å². The number of hydrogen-bond acceptors (Lipinski definition) is 6. The molecule has 7 nitrogen and oxygen atoms in total. The lowest BCUT2D eigenvalue weighted by atomic mass is 10.2. The van der Waals surface area contributed by atoms with Crippen molar-refractivity contribution < 1.29 is 31.5 Å². The maximum atomic E-state index is 11.8. The third-order valence-electron chi connectivity index (χ3n) is 3.25. The van der Waals surface area contributed by atoms with Crippen LogP contribution < -0.4 is 5.32 Å². The summed E-state index contributed by atoms with van der Waals surface area (Å²) in [6.07, 6.45) is -2.20. The van der Waals surface area contributed by atoms with Crippen molar-refractivity contribution in [1.82, 2.24) is 9.88 Å². The lowest BCUT2D eigenvalue weighted by molar-refractivity contribution is -0.192. The Bertz CT molecular complexity index is 899. The minimum absolute atomic E-state index is 0.318. The second-order valence-electron chi connectivity index (χ2n) is 5.82. The van der Waals surface area contributed by atoms with E-state index in [-0.39, 0.29) is 0 Å². The Balaban J connectivity index is 0.000000445. The molecule has 0 fully saturated rings. The summed E-state index contributed by atoms with van der Waals surface area (Å²) in [4.78, 5) is 15.6. The zero-order valence-corrected chi connectivity index (χ0v) is 15.7. The molecule has 0 aliphatic heterocycles. The number of nitrogens with one attached hydrogen (secondary N) is 1. The summed E-state index contributed by atoms with van der Waals surface area (Å²) in [7, 11) is 0.753. The third kappa shape index (κ3) is 7.02. The van der Waals surface area contributed by atoms with Gasteiger partial charge in [0.05, 0.1) is 16.1 Å². The van der Waals surface area contributed by atoms with Gasteiger partial charge in [0.1, 0.15) is 0 Å². The predicted molar refractivity (Wildman–Crippen MR) is 95.6 cm³/mol. The summed E-state index contributed by atoms with van der Waals surface area (Å²) in [5.74, 6) is -2.76. The molecule has 1 heterocycles. The van der Waals surface area contributed by atoms with Gasteiger partial charge in [-0.1, -0.05) is 0 Å². The topological polar surface area (TPSA) is 99.6 Å². The molecule has 11 heteroatoms. The average molecular weight is 407 g/mol. The third-order valence-corrected chi connectivity index (χ3v) is 4.40. The fourth-order valence-electron chi connectivity index (χ4n) is 2.03. The van der Waals surface area contributed by atoms with E-state index in [0.29, 0.717) is 15.8 Å². The molecule has 1 aromatic heterocycles. The largest absolute Gasteiger partial charge is 0.490 e. The Kier molecular flexibility index (Phi) is 7.55. The van der Waals surface area contributed by atoms with Crippen molar-refractivity contribution in [3.63, 3.8) is 0 Å². The first-order valence-electron chi connectivity index (χ1n) is 7.60. The van der Waals surface area contributed by atoms with E-state index >= 15 is 0 Å². The zero-order chi connectivity index (χ0) is 20.8. The Morgan fingerprint density at radius 1 is 1.26 bits per heavy atom. The predicted octanol–water partition coefficient (Wildman–Crippen LogP) is 2.25.